The molecule has 5 atom stereocenters. The number of alkyl halides is 3. The summed E-state index contributed by atoms with van der Waals surface area (Å²) in [5, 5.41) is 10.4. The third kappa shape index (κ3) is 6.76. The SMILES string of the molecule is CC(C)(C)[Si](O[C@H]1COC[C@H]1N1CC[C@H](c2cc3nc(Nc4cnn([C@H]5CC5(F)F)c4Cl)ncc3cc2Cl)[C@@H](F)C1)(c1ccccc1)c1ccccc1. The molecular weight excluding hydrogens is 740 g/mol. The molecule has 2 aromatic heterocycles. The number of hydrogen-bond donors (Lipinski definition) is 1. The minimum absolute atomic E-state index is 0.0478. The second-order valence-electron chi connectivity index (χ2n) is 15.4. The Morgan fingerprint density at radius 3 is 2.28 bits per heavy atom. The average molecular weight is 782 g/mol. The average Bonchev–Trinajstić information content (AvgIpc) is 3.40. The minimum Gasteiger partial charge on any atom is -0.400 e. The highest BCUT2D eigenvalue weighted by Gasteiger charge is 2.60. The van der Waals surface area contributed by atoms with Gasteiger partial charge in [-0.3, -0.25) is 4.90 Å². The summed E-state index contributed by atoms with van der Waals surface area (Å²) in [7, 11) is -2.85. The van der Waals surface area contributed by atoms with Gasteiger partial charge in [0.25, 0.3) is 14.2 Å². The van der Waals surface area contributed by atoms with Crippen molar-refractivity contribution < 1.29 is 22.3 Å². The van der Waals surface area contributed by atoms with Crippen LogP contribution in [0.3, 0.4) is 0 Å². The number of rotatable bonds is 9. The molecule has 4 heterocycles. The van der Waals surface area contributed by atoms with E-state index in [1.165, 1.54) is 16.6 Å². The second-order valence-corrected chi connectivity index (χ2v) is 20.4. The molecule has 0 radical (unpaired) electrons. The van der Waals surface area contributed by atoms with E-state index >= 15 is 4.39 Å². The minimum atomic E-state index is -2.85. The first-order valence-corrected chi connectivity index (χ1v) is 20.6. The van der Waals surface area contributed by atoms with Crippen molar-refractivity contribution in [3.05, 3.63) is 101 Å². The third-order valence-corrected chi connectivity index (χ3v) is 16.7. The van der Waals surface area contributed by atoms with Gasteiger partial charge in [-0.25, -0.2) is 27.8 Å². The van der Waals surface area contributed by atoms with E-state index in [-0.39, 0.29) is 41.3 Å². The van der Waals surface area contributed by atoms with Gasteiger partial charge in [0.05, 0.1) is 42.8 Å². The van der Waals surface area contributed by atoms with Gasteiger partial charge in [0.1, 0.15) is 12.2 Å². The highest BCUT2D eigenvalue weighted by atomic mass is 35.5. The van der Waals surface area contributed by atoms with Crippen molar-refractivity contribution in [2.24, 2.45) is 0 Å². The van der Waals surface area contributed by atoms with Gasteiger partial charge < -0.3 is 14.5 Å². The Morgan fingerprint density at radius 1 is 0.981 bits per heavy atom. The van der Waals surface area contributed by atoms with E-state index in [9.17, 15) is 8.78 Å². The van der Waals surface area contributed by atoms with Crippen molar-refractivity contribution in [1.29, 1.82) is 0 Å². The first-order chi connectivity index (χ1) is 25.4. The number of hydrogen-bond acceptors (Lipinski definition) is 7. The molecule has 14 heteroatoms. The molecule has 5 aromatic rings. The summed E-state index contributed by atoms with van der Waals surface area (Å²) < 4.78 is 58.4. The number of ether oxygens (including phenoxy) is 1. The van der Waals surface area contributed by atoms with Crippen LogP contribution in [0, 0.1) is 0 Å². The van der Waals surface area contributed by atoms with Crippen molar-refractivity contribution in [3.63, 3.8) is 0 Å². The van der Waals surface area contributed by atoms with Crippen molar-refractivity contribution in [1.82, 2.24) is 24.6 Å². The lowest BCUT2D eigenvalue weighted by atomic mass is 9.86. The Morgan fingerprint density at radius 2 is 1.66 bits per heavy atom. The van der Waals surface area contributed by atoms with Crippen LogP contribution in [0.25, 0.3) is 10.9 Å². The lowest BCUT2D eigenvalue weighted by Gasteiger charge is -2.47. The highest BCUT2D eigenvalue weighted by Crippen LogP contribution is 2.53. The Labute approximate surface area is 317 Å². The van der Waals surface area contributed by atoms with Crippen LogP contribution in [-0.2, 0) is 9.16 Å². The lowest BCUT2D eigenvalue weighted by molar-refractivity contribution is 0.0406. The third-order valence-electron chi connectivity index (χ3n) is 11.0. The van der Waals surface area contributed by atoms with Crippen LogP contribution in [0.2, 0.25) is 15.2 Å². The molecule has 278 valence electrons. The van der Waals surface area contributed by atoms with Crippen LogP contribution in [0.4, 0.5) is 24.8 Å². The van der Waals surface area contributed by atoms with Crippen LogP contribution in [0.1, 0.15) is 51.1 Å². The van der Waals surface area contributed by atoms with E-state index in [1.807, 2.05) is 18.2 Å². The lowest BCUT2D eigenvalue weighted by Crippen LogP contribution is -2.69. The summed E-state index contributed by atoms with van der Waals surface area (Å²) in [6.07, 6.45) is 1.79. The maximum absolute atomic E-state index is 16.4. The van der Waals surface area contributed by atoms with Gasteiger partial charge in [-0.2, -0.15) is 5.10 Å². The van der Waals surface area contributed by atoms with E-state index < -0.39 is 32.4 Å². The molecule has 3 aliphatic rings. The van der Waals surface area contributed by atoms with Crippen molar-refractivity contribution in [2.45, 2.75) is 74.9 Å². The molecule has 3 fully saturated rings. The summed E-state index contributed by atoms with van der Waals surface area (Å²) in [6.45, 7) is 8.54. The number of likely N-dealkylation sites (tertiary alicyclic amines) is 1. The highest BCUT2D eigenvalue weighted by molar-refractivity contribution is 6.99. The molecule has 1 aliphatic carbocycles. The number of nitrogens with one attached hydrogen (secondary N) is 1. The Hall–Kier alpha value is -3.52. The molecule has 2 aliphatic heterocycles. The molecule has 0 amide bonds. The molecular formula is C39H41Cl2F3N6O2Si. The van der Waals surface area contributed by atoms with Gasteiger partial charge in [0.2, 0.25) is 5.95 Å². The van der Waals surface area contributed by atoms with Crippen LogP contribution in [-0.4, -0.2) is 83.5 Å². The van der Waals surface area contributed by atoms with Crippen LogP contribution >= 0.6 is 23.2 Å². The second kappa shape index (κ2) is 14.0. The molecule has 0 bridgehead atoms. The van der Waals surface area contributed by atoms with Gasteiger partial charge >= 0.3 is 0 Å². The monoisotopic (exact) mass is 780 g/mol. The van der Waals surface area contributed by atoms with Crippen molar-refractivity contribution in [3.8, 4) is 0 Å². The number of nitrogens with zero attached hydrogens (tertiary/aromatic N) is 5. The van der Waals surface area contributed by atoms with E-state index in [2.05, 4.69) is 94.6 Å². The van der Waals surface area contributed by atoms with Gasteiger partial charge in [0.15, 0.2) is 5.15 Å². The quantitative estimate of drug-likeness (QED) is 0.152. The smallest absolute Gasteiger partial charge is 0.272 e. The first-order valence-electron chi connectivity index (χ1n) is 17.9. The topological polar surface area (TPSA) is 77.3 Å². The number of benzene rings is 3. The largest absolute Gasteiger partial charge is 0.400 e. The van der Waals surface area contributed by atoms with Crippen LogP contribution in [0.5, 0.6) is 0 Å². The Balaban J connectivity index is 1.01. The maximum atomic E-state index is 16.4. The van der Waals surface area contributed by atoms with Crippen LogP contribution < -0.4 is 15.7 Å². The molecule has 0 spiro atoms. The molecule has 8 rings (SSSR count). The summed E-state index contributed by atoms with van der Waals surface area (Å²) in [5.74, 6) is -3.06. The number of piperidine rings is 1. The summed E-state index contributed by atoms with van der Waals surface area (Å²) in [4.78, 5) is 11.2. The summed E-state index contributed by atoms with van der Waals surface area (Å²) in [5.41, 5.74) is 1.56. The molecule has 0 unspecified atom stereocenters. The fourth-order valence-electron chi connectivity index (χ4n) is 8.12. The summed E-state index contributed by atoms with van der Waals surface area (Å²) >= 11 is 13.2. The van der Waals surface area contributed by atoms with Crippen LogP contribution in [0.15, 0.2) is 85.2 Å². The van der Waals surface area contributed by atoms with E-state index in [1.54, 1.807) is 12.3 Å². The predicted octanol–water partition coefficient (Wildman–Crippen LogP) is 7.93. The fraction of sp³-hybridized carbons (Fsp3) is 0.410. The molecule has 8 nitrogen and oxygen atoms in total. The molecule has 2 saturated heterocycles. The van der Waals surface area contributed by atoms with Gasteiger partial charge in [-0.05, 0) is 46.1 Å². The first kappa shape index (κ1) is 36.5. The standard InChI is InChI=1S/C39H41Cl2F3N6O2Si/c1-38(2,3)53(25-10-6-4-7-11-25,26-12-8-5-9-13-26)52-34-23-51-22-33(34)49-15-14-27(30(42)21-49)28-17-31-24(16-29(28)40)19-45-37(47-31)48-32-20-46-50(36(32)41)35-18-39(35,43)44/h4-13,16-17,19-20,27,30,33-35H,14-15,18,21-23H2,1-3H3,(H,45,47,48)/t27-,30+,33-,34+,35+/m1/s1. The molecule has 1 saturated carbocycles. The van der Waals surface area contributed by atoms with E-state index in [4.69, 9.17) is 32.4 Å². The number of halogens is 5. The number of fused-ring (bicyclic) bond motifs is 1. The number of anilines is 2. The van der Waals surface area contributed by atoms with E-state index in [0.29, 0.717) is 53.4 Å². The predicted molar refractivity (Wildman–Crippen MR) is 205 cm³/mol. The zero-order valence-corrected chi connectivity index (χ0v) is 32.2. The number of aromatic nitrogens is 4. The van der Waals surface area contributed by atoms with E-state index in [0.717, 1.165) is 4.68 Å². The molecule has 53 heavy (non-hydrogen) atoms. The zero-order chi connectivity index (χ0) is 37.1. The Kier molecular flexibility index (Phi) is 9.60. The van der Waals surface area contributed by atoms with Gasteiger partial charge in [0, 0.05) is 35.5 Å². The maximum Gasteiger partial charge on any atom is 0.272 e. The molecule has 1 N–H and O–H groups in total. The molecule has 3 aromatic carbocycles. The van der Waals surface area contributed by atoms with Gasteiger partial charge in [-0.1, -0.05) is 105 Å². The normalized spacial score (nSPS) is 24.8. The zero-order valence-electron chi connectivity index (χ0n) is 29.7. The van der Waals surface area contributed by atoms with Crippen molar-refractivity contribution in [2.75, 3.05) is 31.6 Å². The van der Waals surface area contributed by atoms with Gasteiger partial charge in [-0.15, -0.1) is 0 Å². The Bertz CT molecular complexity index is 2060. The fourth-order valence-corrected chi connectivity index (χ4v) is 13.4. The summed E-state index contributed by atoms with van der Waals surface area (Å²) in [6, 6.07) is 23.5. The van der Waals surface area contributed by atoms with Crippen molar-refractivity contribution >= 4 is 64.4 Å².